The number of terminal acetylenes is 1. The Bertz CT molecular complexity index is 964. The number of aromatic amines is 1. The van der Waals surface area contributed by atoms with Crippen molar-refractivity contribution >= 4 is 27.5 Å². The fourth-order valence-corrected chi connectivity index (χ4v) is 4.23. The second kappa shape index (κ2) is 12.5. The minimum Gasteiger partial charge on any atom is -0.462 e. The molecule has 0 radical (unpaired) electrons. The number of aliphatic hydroxyl groups excluding tert-OH is 1. The van der Waals surface area contributed by atoms with Crippen molar-refractivity contribution in [2.24, 2.45) is 0 Å². The molecule has 0 aliphatic rings. The molecular formula is C21H29N3O6S. The zero-order valence-corrected chi connectivity index (χ0v) is 18.9. The first-order valence-corrected chi connectivity index (χ1v) is 10.8. The molecule has 10 heteroatoms. The summed E-state index contributed by atoms with van der Waals surface area (Å²) in [6.45, 7) is 5.76. The molecule has 0 aromatic carbocycles. The predicted octanol–water partition coefficient (Wildman–Crippen LogP) is 1.32. The Morgan fingerprint density at radius 1 is 1.45 bits per heavy atom. The van der Waals surface area contributed by atoms with Crippen LogP contribution < -0.4 is 5.56 Å². The number of nitrogens with zero attached hydrogens (tertiary/aromatic N) is 2. The molecule has 0 saturated heterocycles. The number of esters is 1. The summed E-state index contributed by atoms with van der Waals surface area (Å²) in [5.41, 5.74) is 0.260. The van der Waals surface area contributed by atoms with Gasteiger partial charge in [-0.3, -0.25) is 9.69 Å². The van der Waals surface area contributed by atoms with Crippen LogP contribution in [0.5, 0.6) is 0 Å². The van der Waals surface area contributed by atoms with Crippen molar-refractivity contribution in [3.05, 3.63) is 26.6 Å². The van der Waals surface area contributed by atoms with Gasteiger partial charge < -0.3 is 24.3 Å². The lowest BCUT2D eigenvalue weighted by Crippen LogP contribution is -2.36. The van der Waals surface area contributed by atoms with Gasteiger partial charge in [-0.1, -0.05) is 5.92 Å². The molecule has 0 aliphatic heterocycles. The van der Waals surface area contributed by atoms with Crippen LogP contribution in [0.25, 0.3) is 10.2 Å². The van der Waals surface area contributed by atoms with Crippen molar-refractivity contribution in [3.63, 3.8) is 0 Å². The van der Waals surface area contributed by atoms with E-state index < -0.39 is 12.1 Å². The number of aliphatic hydroxyl groups is 1. The molecule has 1 unspecified atom stereocenters. The van der Waals surface area contributed by atoms with Crippen LogP contribution in [0.3, 0.4) is 0 Å². The van der Waals surface area contributed by atoms with Gasteiger partial charge in [0.25, 0.3) is 5.56 Å². The second-order valence-electron chi connectivity index (χ2n) is 6.92. The summed E-state index contributed by atoms with van der Waals surface area (Å²) >= 11 is 1.14. The van der Waals surface area contributed by atoms with Crippen LogP contribution >= 0.6 is 11.3 Å². The minimum absolute atomic E-state index is 0.112. The second-order valence-corrected chi connectivity index (χ2v) is 7.92. The Morgan fingerprint density at radius 3 is 2.90 bits per heavy atom. The number of H-pyrrole nitrogens is 1. The van der Waals surface area contributed by atoms with E-state index in [1.807, 2.05) is 4.90 Å². The number of rotatable bonds is 13. The average molecular weight is 452 g/mol. The Labute approximate surface area is 185 Å². The highest BCUT2D eigenvalue weighted by atomic mass is 32.1. The minimum atomic E-state index is -0.745. The Kier molecular flexibility index (Phi) is 10.1. The highest BCUT2D eigenvalue weighted by Crippen LogP contribution is 2.27. The van der Waals surface area contributed by atoms with Crippen molar-refractivity contribution in [3.8, 4) is 12.3 Å². The number of ether oxygens (including phenoxy) is 3. The van der Waals surface area contributed by atoms with E-state index in [1.165, 1.54) is 0 Å². The number of hydrogen-bond donors (Lipinski definition) is 2. The lowest BCUT2D eigenvalue weighted by atomic mass is 10.2. The van der Waals surface area contributed by atoms with Crippen LogP contribution in [0, 0.1) is 19.3 Å². The van der Waals surface area contributed by atoms with Crippen molar-refractivity contribution in [1.82, 2.24) is 14.9 Å². The molecule has 2 rings (SSSR count). The molecule has 170 valence electrons. The quantitative estimate of drug-likeness (QED) is 0.266. The van der Waals surface area contributed by atoms with Gasteiger partial charge in [-0.25, -0.2) is 9.78 Å². The third-order valence-electron chi connectivity index (χ3n) is 4.47. The summed E-state index contributed by atoms with van der Waals surface area (Å²) in [5.74, 6) is 2.35. The van der Waals surface area contributed by atoms with E-state index in [0.717, 1.165) is 17.8 Å². The summed E-state index contributed by atoms with van der Waals surface area (Å²) in [6, 6.07) is 0. The van der Waals surface area contributed by atoms with E-state index in [-0.39, 0.29) is 25.4 Å². The molecule has 0 amide bonds. The molecule has 2 aromatic rings. The molecule has 31 heavy (non-hydrogen) atoms. The van der Waals surface area contributed by atoms with Gasteiger partial charge in [-0.15, -0.1) is 17.8 Å². The lowest BCUT2D eigenvalue weighted by Gasteiger charge is -2.24. The maximum atomic E-state index is 12.7. The fourth-order valence-electron chi connectivity index (χ4n) is 3.14. The van der Waals surface area contributed by atoms with E-state index in [1.54, 1.807) is 21.0 Å². The highest BCUT2D eigenvalue weighted by molar-refractivity contribution is 7.20. The van der Waals surface area contributed by atoms with Crippen molar-refractivity contribution < 1.29 is 24.1 Å². The molecule has 2 N–H and O–H groups in total. The summed E-state index contributed by atoms with van der Waals surface area (Å²) in [6.07, 6.45) is 5.15. The molecule has 0 aliphatic carbocycles. The first-order valence-electron chi connectivity index (χ1n) is 10.0. The van der Waals surface area contributed by atoms with Gasteiger partial charge in [-0.05, 0) is 25.8 Å². The summed E-state index contributed by atoms with van der Waals surface area (Å²) in [7, 11) is 1.63. The number of aromatic nitrogens is 2. The normalized spacial score (nSPS) is 12.3. The Morgan fingerprint density at radius 2 is 2.23 bits per heavy atom. The van der Waals surface area contributed by atoms with Gasteiger partial charge in [0.15, 0.2) is 0 Å². The molecule has 0 saturated carbocycles. The average Bonchev–Trinajstić information content (AvgIpc) is 3.05. The van der Waals surface area contributed by atoms with E-state index >= 15 is 0 Å². The molecule has 2 aromatic heterocycles. The van der Waals surface area contributed by atoms with Crippen LogP contribution in [0.2, 0.25) is 0 Å². The van der Waals surface area contributed by atoms with Gasteiger partial charge >= 0.3 is 5.97 Å². The Hall–Kier alpha value is -2.29. The number of carbonyl (C=O) groups excluding carboxylic acids is 1. The fraction of sp³-hybridized carbons (Fsp3) is 0.571. The number of fused-ring (bicyclic) bond motifs is 1. The third kappa shape index (κ3) is 7.12. The summed E-state index contributed by atoms with van der Waals surface area (Å²) in [5, 5.41) is 10.6. The number of thiophene rings is 1. The number of aryl methyl sites for hydroxylation is 1. The van der Waals surface area contributed by atoms with Crippen LogP contribution in [0.15, 0.2) is 4.79 Å². The number of methoxy groups -OCH3 is 1. The summed E-state index contributed by atoms with van der Waals surface area (Å²) < 4.78 is 15.4. The first-order chi connectivity index (χ1) is 14.9. The molecule has 0 fully saturated rings. The van der Waals surface area contributed by atoms with E-state index in [4.69, 9.17) is 20.6 Å². The molecule has 1 atom stereocenters. The molecule has 9 nitrogen and oxygen atoms in total. The van der Waals surface area contributed by atoms with E-state index in [0.29, 0.717) is 52.7 Å². The summed E-state index contributed by atoms with van der Waals surface area (Å²) in [4.78, 5) is 35.0. The van der Waals surface area contributed by atoms with Gasteiger partial charge in [-0.2, -0.15) is 0 Å². The number of hydrogen-bond acceptors (Lipinski definition) is 9. The molecule has 0 bridgehead atoms. The van der Waals surface area contributed by atoms with Crippen LogP contribution in [0.4, 0.5) is 0 Å². The molecular weight excluding hydrogens is 422 g/mol. The van der Waals surface area contributed by atoms with Crippen molar-refractivity contribution in [2.45, 2.75) is 32.9 Å². The first kappa shape index (κ1) is 25.0. The van der Waals surface area contributed by atoms with Crippen LogP contribution in [-0.2, 0) is 20.8 Å². The molecule has 0 spiro atoms. The number of nitrogens with one attached hydrogen (secondary N) is 1. The molecule has 2 heterocycles. The Balaban J connectivity index is 2.22. The monoisotopic (exact) mass is 451 g/mol. The van der Waals surface area contributed by atoms with Gasteiger partial charge in [0, 0.05) is 26.8 Å². The van der Waals surface area contributed by atoms with Gasteiger partial charge in [0.1, 0.15) is 22.1 Å². The lowest BCUT2D eigenvalue weighted by molar-refractivity contribution is 0.0239. The van der Waals surface area contributed by atoms with Crippen LogP contribution in [0.1, 0.15) is 34.4 Å². The van der Waals surface area contributed by atoms with Crippen LogP contribution in [-0.4, -0.2) is 78.7 Å². The smallest absolute Gasteiger partial charge is 0.348 e. The van der Waals surface area contributed by atoms with Crippen molar-refractivity contribution in [1.29, 1.82) is 0 Å². The predicted molar refractivity (Wildman–Crippen MR) is 118 cm³/mol. The third-order valence-corrected chi connectivity index (χ3v) is 5.64. The topological polar surface area (TPSA) is 114 Å². The maximum absolute atomic E-state index is 12.7. The SMILES string of the molecule is C#CCOCC(O)CN(CCCOC)Cc1nc2sc(C(=O)OCC)c(C)c2c(=O)[nH]1. The zero-order chi connectivity index (χ0) is 22.8. The standard InChI is InChI=1S/C21H29N3O6S/c1-5-9-29-13-15(25)11-24(8-7-10-28-4)12-16-22-19(26)17-14(3)18(21(27)30-6-2)31-20(17)23-16/h1,15,25H,6-13H2,2-4H3,(H,22,23,26). The maximum Gasteiger partial charge on any atom is 0.348 e. The van der Waals surface area contributed by atoms with E-state index in [9.17, 15) is 14.7 Å². The van der Waals surface area contributed by atoms with Crippen molar-refractivity contribution in [2.75, 3.05) is 46.6 Å². The zero-order valence-electron chi connectivity index (χ0n) is 18.1. The van der Waals surface area contributed by atoms with Gasteiger partial charge in [0.05, 0.1) is 31.2 Å². The highest BCUT2D eigenvalue weighted by Gasteiger charge is 2.21. The van der Waals surface area contributed by atoms with E-state index in [2.05, 4.69) is 15.9 Å². The number of carbonyl (C=O) groups is 1. The largest absolute Gasteiger partial charge is 0.462 e. The van der Waals surface area contributed by atoms with Gasteiger partial charge in [0.2, 0.25) is 0 Å².